The molecule has 0 aromatic rings. The van der Waals surface area contributed by atoms with Gasteiger partial charge in [-0.1, -0.05) is 143 Å². The summed E-state index contributed by atoms with van der Waals surface area (Å²) in [6.45, 7) is 9.46. The van der Waals surface area contributed by atoms with Crippen LogP contribution in [0.5, 0.6) is 0 Å². The largest absolute Gasteiger partial charge is 0.356 e. The van der Waals surface area contributed by atoms with Crippen LogP contribution in [-0.2, 0) is 0 Å². The standard InChI is InChI=1S/C31H62N2/c1-4-7-10-13-15-16-17-19-22-25-28-33-30-29-32(27-24-21-12-9-6-3)31(33)26-23-20-18-14-11-8-5-2/h29-31H,4-28H2,1-3H3. The first-order chi connectivity index (χ1) is 16.3. The Balaban J connectivity index is 2.24. The predicted molar refractivity (Wildman–Crippen MR) is 150 cm³/mol. The van der Waals surface area contributed by atoms with Gasteiger partial charge in [-0.15, -0.1) is 0 Å². The molecule has 0 aromatic heterocycles. The van der Waals surface area contributed by atoms with Crippen LogP contribution in [0.25, 0.3) is 0 Å². The molecule has 2 nitrogen and oxygen atoms in total. The third kappa shape index (κ3) is 16.6. The number of rotatable bonds is 25. The number of hydrogen-bond donors (Lipinski definition) is 0. The SMILES string of the molecule is CCCCCCCCCCCCN1C=CN(CCCCCCC)C1CCCCCCCCC. The molecule has 0 bridgehead atoms. The highest BCUT2D eigenvalue weighted by molar-refractivity contribution is 4.97. The minimum Gasteiger partial charge on any atom is -0.356 e. The highest BCUT2D eigenvalue weighted by Crippen LogP contribution is 2.24. The molecule has 0 spiro atoms. The van der Waals surface area contributed by atoms with Crippen molar-refractivity contribution < 1.29 is 0 Å². The molecule has 1 heterocycles. The number of unbranched alkanes of at least 4 members (excludes halogenated alkanes) is 19. The second-order valence-corrected chi connectivity index (χ2v) is 10.8. The van der Waals surface area contributed by atoms with Gasteiger partial charge >= 0.3 is 0 Å². The van der Waals surface area contributed by atoms with E-state index in [4.69, 9.17) is 0 Å². The molecular weight excluding hydrogens is 400 g/mol. The third-order valence-corrected chi connectivity index (χ3v) is 7.57. The summed E-state index contributed by atoms with van der Waals surface area (Å²) in [5.41, 5.74) is 0. The van der Waals surface area contributed by atoms with E-state index in [0.29, 0.717) is 6.17 Å². The van der Waals surface area contributed by atoms with Crippen molar-refractivity contribution in [2.45, 2.75) is 175 Å². The van der Waals surface area contributed by atoms with Gasteiger partial charge in [-0.05, 0) is 25.7 Å². The van der Waals surface area contributed by atoms with E-state index in [2.05, 4.69) is 43.0 Å². The Hall–Kier alpha value is -0.660. The Labute approximate surface area is 210 Å². The molecule has 1 atom stereocenters. The van der Waals surface area contributed by atoms with Crippen molar-refractivity contribution in [3.63, 3.8) is 0 Å². The Morgan fingerprint density at radius 2 is 0.697 bits per heavy atom. The monoisotopic (exact) mass is 462 g/mol. The third-order valence-electron chi connectivity index (χ3n) is 7.57. The lowest BCUT2D eigenvalue weighted by Crippen LogP contribution is -2.39. The summed E-state index contributed by atoms with van der Waals surface area (Å²) in [4.78, 5) is 5.37. The van der Waals surface area contributed by atoms with Gasteiger partial charge in [-0.3, -0.25) is 0 Å². The van der Waals surface area contributed by atoms with Crippen molar-refractivity contribution in [1.29, 1.82) is 0 Å². The molecule has 1 aliphatic rings. The molecule has 1 aliphatic heterocycles. The fourth-order valence-corrected chi connectivity index (χ4v) is 5.30. The molecule has 1 rings (SSSR count). The van der Waals surface area contributed by atoms with Crippen LogP contribution in [0.3, 0.4) is 0 Å². The van der Waals surface area contributed by atoms with E-state index in [9.17, 15) is 0 Å². The van der Waals surface area contributed by atoms with E-state index in [0.717, 1.165) is 0 Å². The predicted octanol–water partition coefficient (Wildman–Crippen LogP) is 10.4. The Bertz CT molecular complexity index is 419. The van der Waals surface area contributed by atoms with Crippen LogP contribution in [0.4, 0.5) is 0 Å². The van der Waals surface area contributed by atoms with Gasteiger partial charge in [-0.25, -0.2) is 0 Å². The first-order valence-corrected chi connectivity index (χ1v) is 15.5. The molecule has 0 saturated heterocycles. The Morgan fingerprint density at radius 1 is 0.394 bits per heavy atom. The van der Waals surface area contributed by atoms with Crippen molar-refractivity contribution in [3.05, 3.63) is 12.4 Å². The molecular formula is C31H62N2. The summed E-state index contributed by atoms with van der Waals surface area (Å²) in [5, 5.41) is 0. The first kappa shape index (κ1) is 30.4. The quantitative estimate of drug-likeness (QED) is 0.124. The molecule has 0 fully saturated rings. The summed E-state index contributed by atoms with van der Waals surface area (Å²) in [6.07, 6.45) is 38.0. The second-order valence-electron chi connectivity index (χ2n) is 10.8. The van der Waals surface area contributed by atoms with Gasteiger partial charge in [0.1, 0.15) is 6.17 Å². The van der Waals surface area contributed by atoms with Crippen molar-refractivity contribution >= 4 is 0 Å². The normalized spacial score (nSPS) is 15.8. The molecule has 0 aromatic carbocycles. The van der Waals surface area contributed by atoms with E-state index in [1.165, 1.54) is 161 Å². The topological polar surface area (TPSA) is 6.48 Å². The van der Waals surface area contributed by atoms with E-state index in [-0.39, 0.29) is 0 Å². The molecule has 0 saturated carbocycles. The number of hydrogen-bond acceptors (Lipinski definition) is 2. The molecule has 2 heteroatoms. The molecule has 0 radical (unpaired) electrons. The maximum Gasteiger partial charge on any atom is 0.101 e. The molecule has 0 N–H and O–H groups in total. The maximum atomic E-state index is 2.69. The first-order valence-electron chi connectivity index (χ1n) is 15.5. The van der Waals surface area contributed by atoms with Crippen LogP contribution < -0.4 is 0 Å². The lowest BCUT2D eigenvalue weighted by molar-refractivity contribution is 0.135. The summed E-state index contributed by atoms with van der Waals surface area (Å²) in [6, 6.07) is 0. The van der Waals surface area contributed by atoms with E-state index in [1.54, 1.807) is 0 Å². The average molecular weight is 463 g/mol. The van der Waals surface area contributed by atoms with Gasteiger partial charge in [0.25, 0.3) is 0 Å². The lowest BCUT2D eigenvalue weighted by atomic mass is 10.1. The zero-order valence-electron chi connectivity index (χ0n) is 23.3. The van der Waals surface area contributed by atoms with Gasteiger partial charge in [0, 0.05) is 25.5 Å². The van der Waals surface area contributed by atoms with Crippen molar-refractivity contribution in [2.75, 3.05) is 13.1 Å². The van der Waals surface area contributed by atoms with E-state index >= 15 is 0 Å². The zero-order valence-corrected chi connectivity index (χ0v) is 23.3. The number of nitrogens with zero attached hydrogens (tertiary/aromatic N) is 2. The van der Waals surface area contributed by atoms with Crippen molar-refractivity contribution in [3.8, 4) is 0 Å². The Morgan fingerprint density at radius 3 is 1.06 bits per heavy atom. The van der Waals surface area contributed by atoms with E-state index < -0.39 is 0 Å². The van der Waals surface area contributed by atoms with Crippen LogP contribution >= 0.6 is 0 Å². The highest BCUT2D eigenvalue weighted by atomic mass is 15.4. The maximum absolute atomic E-state index is 2.69. The highest BCUT2D eigenvalue weighted by Gasteiger charge is 2.24. The minimum atomic E-state index is 0.644. The fraction of sp³-hybridized carbons (Fsp3) is 0.935. The molecule has 1 unspecified atom stereocenters. The molecule has 196 valence electrons. The fourth-order valence-electron chi connectivity index (χ4n) is 5.30. The van der Waals surface area contributed by atoms with Crippen molar-refractivity contribution in [2.24, 2.45) is 0 Å². The molecule has 0 aliphatic carbocycles. The minimum absolute atomic E-state index is 0.644. The van der Waals surface area contributed by atoms with Crippen LogP contribution in [-0.4, -0.2) is 29.1 Å². The molecule has 33 heavy (non-hydrogen) atoms. The molecule has 0 amide bonds. The summed E-state index contributed by atoms with van der Waals surface area (Å²) in [5.74, 6) is 0. The smallest absolute Gasteiger partial charge is 0.101 e. The van der Waals surface area contributed by atoms with Crippen LogP contribution in [0.2, 0.25) is 0 Å². The van der Waals surface area contributed by atoms with Gasteiger partial charge < -0.3 is 9.80 Å². The van der Waals surface area contributed by atoms with E-state index in [1.807, 2.05) is 0 Å². The van der Waals surface area contributed by atoms with Gasteiger partial charge in [0.15, 0.2) is 0 Å². The van der Waals surface area contributed by atoms with Gasteiger partial charge in [-0.2, -0.15) is 0 Å². The Kier molecular flexibility index (Phi) is 21.3. The van der Waals surface area contributed by atoms with Gasteiger partial charge in [0.05, 0.1) is 0 Å². The lowest BCUT2D eigenvalue weighted by Gasteiger charge is -2.33. The van der Waals surface area contributed by atoms with Crippen LogP contribution in [0, 0.1) is 0 Å². The summed E-state index contributed by atoms with van der Waals surface area (Å²) in [7, 11) is 0. The van der Waals surface area contributed by atoms with Crippen LogP contribution in [0.15, 0.2) is 12.4 Å². The summed E-state index contributed by atoms with van der Waals surface area (Å²) < 4.78 is 0. The zero-order chi connectivity index (χ0) is 23.8. The second kappa shape index (κ2) is 23.1. The van der Waals surface area contributed by atoms with Crippen molar-refractivity contribution in [1.82, 2.24) is 9.80 Å². The average Bonchev–Trinajstić information content (AvgIpc) is 3.21. The summed E-state index contributed by atoms with van der Waals surface area (Å²) >= 11 is 0. The van der Waals surface area contributed by atoms with Gasteiger partial charge in [0.2, 0.25) is 0 Å². The van der Waals surface area contributed by atoms with Crippen LogP contribution in [0.1, 0.15) is 168 Å².